The zero-order valence-electron chi connectivity index (χ0n) is 13.2. The normalized spacial score (nSPS) is 10.2. The van der Waals surface area contributed by atoms with E-state index in [-0.39, 0.29) is 19.0 Å². The number of thiophene rings is 1. The predicted molar refractivity (Wildman–Crippen MR) is 94.8 cm³/mol. The number of amides is 1. The molecule has 1 heterocycles. The van der Waals surface area contributed by atoms with Crippen LogP contribution in [-0.4, -0.2) is 25.6 Å². The van der Waals surface area contributed by atoms with E-state index < -0.39 is 5.91 Å². The predicted octanol–water partition coefficient (Wildman–Crippen LogP) is 3.91. The number of halogens is 1. The van der Waals surface area contributed by atoms with Gasteiger partial charge in [0.1, 0.15) is 5.75 Å². The zero-order chi connectivity index (χ0) is 17.4. The first-order valence-corrected chi connectivity index (χ1v) is 8.65. The maximum absolute atomic E-state index is 11.9. The molecular weight excluding hydrogens is 350 g/mol. The molecule has 1 aromatic carbocycles. The van der Waals surface area contributed by atoms with Crippen molar-refractivity contribution in [1.29, 1.82) is 0 Å². The van der Waals surface area contributed by atoms with Gasteiger partial charge in [0.15, 0.2) is 6.61 Å². The van der Waals surface area contributed by atoms with Crippen molar-refractivity contribution in [3.05, 3.63) is 45.6 Å². The third-order valence-electron chi connectivity index (χ3n) is 3.18. The van der Waals surface area contributed by atoms with E-state index >= 15 is 0 Å². The summed E-state index contributed by atoms with van der Waals surface area (Å²) in [5.74, 6) is -0.350. The average molecular weight is 368 g/mol. The Balaban J connectivity index is 1.72. The van der Waals surface area contributed by atoms with Gasteiger partial charge >= 0.3 is 5.97 Å². The lowest BCUT2D eigenvalue weighted by molar-refractivity contribution is -0.147. The van der Waals surface area contributed by atoms with Crippen LogP contribution in [-0.2, 0) is 20.7 Å². The summed E-state index contributed by atoms with van der Waals surface area (Å²) >= 11 is 7.55. The van der Waals surface area contributed by atoms with Crippen molar-refractivity contribution in [3.8, 4) is 5.75 Å². The van der Waals surface area contributed by atoms with E-state index in [4.69, 9.17) is 21.1 Å². The minimum atomic E-state index is -0.442. The van der Waals surface area contributed by atoms with Crippen LogP contribution in [0.25, 0.3) is 0 Å². The van der Waals surface area contributed by atoms with Crippen molar-refractivity contribution in [1.82, 2.24) is 0 Å². The summed E-state index contributed by atoms with van der Waals surface area (Å²) in [6, 6.07) is 8.88. The standard InChI is InChI=1S/C17H18ClNO4S/c1-22-15-8-7-12(18)10-14(15)19-16(20)11-23-17(21)6-2-4-13-5-3-9-24-13/h3,5,7-10H,2,4,6,11H2,1H3,(H,19,20). The van der Waals surface area contributed by atoms with Crippen LogP contribution in [0, 0.1) is 0 Å². The highest BCUT2D eigenvalue weighted by Gasteiger charge is 2.11. The SMILES string of the molecule is COc1ccc(Cl)cc1NC(=O)COC(=O)CCCc1cccs1. The molecule has 0 bridgehead atoms. The van der Waals surface area contributed by atoms with E-state index in [9.17, 15) is 9.59 Å². The Morgan fingerprint density at radius 2 is 2.12 bits per heavy atom. The molecule has 0 atom stereocenters. The second-order valence-electron chi connectivity index (χ2n) is 4.99. The molecule has 24 heavy (non-hydrogen) atoms. The van der Waals surface area contributed by atoms with Crippen LogP contribution in [0.5, 0.6) is 5.75 Å². The number of methoxy groups -OCH3 is 1. The molecule has 0 aliphatic carbocycles. The number of carbonyl (C=O) groups is 2. The summed E-state index contributed by atoms with van der Waals surface area (Å²) < 4.78 is 10.1. The van der Waals surface area contributed by atoms with Gasteiger partial charge in [-0.05, 0) is 42.5 Å². The van der Waals surface area contributed by atoms with Gasteiger partial charge < -0.3 is 14.8 Å². The van der Waals surface area contributed by atoms with Crippen molar-refractivity contribution in [2.75, 3.05) is 19.0 Å². The van der Waals surface area contributed by atoms with Crippen LogP contribution in [0.4, 0.5) is 5.69 Å². The molecule has 1 N–H and O–H groups in total. The molecule has 0 saturated heterocycles. The molecule has 0 aliphatic heterocycles. The summed E-state index contributed by atoms with van der Waals surface area (Å²) in [6.45, 7) is -0.340. The number of esters is 1. The van der Waals surface area contributed by atoms with E-state index in [1.54, 1.807) is 29.5 Å². The van der Waals surface area contributed by atoms with Crippen LogP contribution in [0.1, 0.15) is 17.7 Å². The number of anilines is 1. The highest BCUT2D eigenvalue weighted by molar-refractivity contribution is 7.09. The van der Waals surface area contributed by atoms with Gasteiger partial charge in [-0.25, -0.2) is 0 Å². The average Bonchev–Trinajstić information content (AvgIpc) is 3.06. The van der Waals surface area contributed by atoms with E-state index in [0.717, 1.165) is 6.42 Å². The van der Waals surface area contributed by atoms with Gasteiger partial charge in [0.25, 0.3) is 5.91 Å². The van der Waals surface area contributed by atoms with E-state index in [1.165, 1.54) is 12.0 Å². The lowest BCUT2D eigenvalue weighted by Gasteiger charge is -2.10. The second-order valence-corrected chi connectivity index (χ2v) is 6.46. The van der Waals surface area contributed by atoms with E-state index in [0.29, 0.717) is 22.9 Å². The summed E-state index contributed by atoms with van der Waals surface area (Å²) in [7, 11) is 1.49. The smallest absolute Gasteiger partial charge is 0.306 e. The fraction of sp³-hybridized carbons (Fsp3) is 0.294. The maximum Gasteiger partial charge on any atom is 0.306 e. The summed E-state index contributed by atoms with van der Waals surface area (Å²) in [5, 5.41) is 5.08. The molecule has 7 heteroatoms. The lowest BCUT2D eigenvalue weighted by atomic mass is 10.2. The number of ether oxygens (including phenoxy) is 2. The van der Waals surface area contributed by atoms with E-state index in [2.05, 4.69) is 5.32 Å². The molecule has 0 radical (unpaired) electrons. The molecule has 1 amide bonds. The van der Waals surface area contributed by atoms with Crippen LogP contribution >= 0.6 is 22.9 Å². The molecule has 2 rings (SSSR count). The van der Waals surface area contributed by atoms with Crippen molar-refractivity contribution in [2.45, 2.75) is 19.3 Å². The Morgan fingerprint density at radius 1 is 1.29 bits per heavy atom. The van der Waals surface area contributed by atoms with Gasteiger partial charge in [0.05, 0.1) is 12.8 Å². The molecule has 2 aromatic rings. The maximum atomic E-state index is 11.9. The van der Waals surface area contributed by atoms with Gasteiger partial charge in [0, 0.05) is 16.3 Å². The zero-order valence-corrected chi connectivity index (χ0v) is 14.8. The summed E-state index contributed by atoms with van der Waals surface area (Å²) in [6.07, 6.45) is 1.81. The molecule has 1 aromatic heterocycles. The number of rotatable bonds is 8. The number of hydrogen-bond acceptors (Lipinski definition) is 5. The number of aryl methyl sites for hydroxylation is 1. The topological polar surface area (TPSA) is 64.6 Å². The fourth-order valence-electron chi connectivity index (χ4n) is 2.04. The first-order valence-electron chi connectivity index (χ1n) is 7.40. The molecule has 0 spiro atoms. The van der Waals surface area contributed by atoms with Crippen molar-refractivity contribution >= 4 is 40.5 Å². The molecule has 0 saturated carbocycles. The van der Waals surface area contributed by atoms with Gasteiger partial charge in [-0.2, -0.15) is 0 Å². The van der Waals surface area contributed by atoms with Gasteiger partial charge in [0.2, 0.25) is 0 Å². The van der Waals surface area contributed by atoms with Gasteiger partial charge in [-0.1, -0.05) is 17.7 Å². The van der Waals surface area contributed by atoms with Crippen LogP contribution in [0.15, 0.2) is 35.7 Å². The molecule has 128 valence electrons. The van der Waals surface area contributed by atoms with Crippen LogP contribution < -0.4 is 10.1 Å². The highest BCUT2D eigenvalue weighted by Crippen LogP contribution is 2.27. The molecular formula is C17H18ClNO4S. The Bertz CT molecular complexity index is 688. The Labute approximate surface area is 149 Å². The first-order chi connectivity index (χ1) is 11.6. The minimum Gasteiger partial charge on any atom is -0.495 e. The van der Waals surface area contributed by atoms with Gasteiger partial charge in [-0.15, -0.1) is 11.3 Å². The van der Waals surface area contributed by atoms with Crippen LogP contribution in [0.3, 0.4) is 0 Å². The lowest BCUT2D eigenvalue weighted by Crippen LogP contribution is -2.21. The van der Waals surface area contributed by atoms with Gasteiger partial charge in [-0.3, -0.25) is 9.59 Å². The van der Waals surface area contributed by atoms with E-state index in [1.807, 2.05) is 17.5 Å². The third-order valence-corrected chi connectivity index (χ3v) is 4.36. The Morgan fingerprint density at radius 3 is 2.83 bits per heavy atom. The first kappa shape index (κ1) is 18.3. The summed E-state index contributed by atoms with van der Waals surface area (Å²) in [4.78, 5) is 24.8. The Kier molecular flexibility index (Phi) is 7.08. The van der Waals surface area contributed by atoms with Crippen molar-refractivity contribution in [2.24, 2.45) is 0 Å². The number of benzene rings is 1. The number of nitrogens with one attached hydrogen (secondary N) is 1. The second kappa shape index (κ2) is 9.30. The number of hydrogen-bond donors (Lipinski definition) is 1. The fourth-order valence-corrected chi connectivity index (χ4v) is 2.97. The molecule has 0 aliphatic rings. The van der Waals surface area contributed by atoms with Crippen LogP contribution in [0.2, 0.25) is 5.02 Å². The molecule has 0 fully saturated rings. The monoisotopic (exact) mass is 367 g/mol. The van der Waals surface area contributed by atoms with Crippen molar-refractivity contribution in [3.63, 3.8) is 0 Å². The third kappa shape index (κ3) is 5.86. The minimum absolute atomic E-state index is 0.283. The Hall–Kier alpha value is -2.05. The highest BCUT2D eigenvalue weighted by atomic mass is 35.5. The molecule has 5 nitrogen and oxygen atoms in total. The number of carbonyl (C=O) groups excluding carboxylic acids is 2. The van der Waals surface area contributed by atoms with Crippen molar-refractivity contribution < 1.29 is 19.1 Å². The summed E-state index contributed by atoms with van der Waals surface area (Å²) in [5.41, 5.74) is 0.434. The molecule has 0 unspecified atom stereocenters. The largest absolute Gasteiger partial charge is 0.495 e. The quantitative estimate of drug-likeness (QED) is 0.718.